The smallest absolute Gasteiger partial charge is 0.270 e. The number of hydrogen-bond acceptors (Lipinski definition) is 6. The topological polar surface area (TPSA) is 79.4 Å². The number of nitrogens with zero attached hydrogens (tertiary/aromatic N) is 3. The number of ether oxygens (including phenoxy) is 1. The van der Waals surface area contributed by atoms with E-state index in [-0.39, 0.29) is 5.91 Å². The van der Waals surface area contributed by atoms with Gasteiger partial charge in [-0.25, -0.2) is 9.97 Å². The predicted molar refractivity (Wildman–Crippen MR) is 100 cm³/mol. The molecule has 2 heterocycles. The molecule has 1 aliphatic rings. The second-order valence-corrected chi connectivity index (χ2v) is 6.31. The van der Waals surface area contributed by atoms with E-state index in [9.17, 15) is 4.79 Å². The molecule has 1 amide bonds. The Bertz CT molecular complexity index is 714. The van der Waals surface area contributed by atoms with Crippen LogP contribution in [-0.4, -0.2) is 60.2 Å². The molecule has 7 heteroatoms. The summed E-state index contributed by atoms with van der Waals surface area (Å²) in [6.45, 7) is 7.43. The minimum Gasteiger partial charge on any atom is -0.379 e. The number of aromatic nitrogens is 2. The summed E-state index contributed by atoms with van der Waals surface area (Å²) in [5.74, 6) is 0.269. The minimum atomic E-state index is -0.181. The highest BCUT2D eigenvalue weighted by Gasteiger charge is 2.12. The van der Waals surface area contributed by atoms with Gasteiger partial charge in [0.15, 0.2) is 0 Å². The lowest BCUT2D eigenvalue weighted by Crippen LogP contribution is -2.41. The van der Waals surface area contributed by atoms with E-state index in [1.54, 1.807) is 12.3 Å². The van der Waals surface area contributed by atoms with Crippen LogP contribution >= 0.6 is 0 Å². The summed E-state index contributed by atoms with van der Waals surface area (Å²) in [4.78, 5) is 23.0. The van der Waals surface area contributed by atoms with E-state index < -0.39 is 0 Å². The molecule has 1 fully saturated rings. The summed E-state index contributed by atoms with van der Waals surface area (Å²) >= 11 is 0. The second kappa shape index (κ2) is 9.26. The number of anilines is 1. The highest BCUT2D eigenvalue weighted by atomic mass is 16.5. The Morgan fingerprint density at radius 1 is 1.19 bits per heavy atom. The van der Waals surface area contributed by atoms with Gasteiger partial charge in [0.25, 0.3) is 5.91 Å². The Hall–Kier alpha value is -2.51. The van der Waals surface area contributed by atoms with Crippen molar-refractivity contribution in [3.05, 3.63) is 53.3 Å². The van der Waals surface area contributed by atoms with Gasteiger partial charge in [-0.15, -0.1) is 0 Å². The third-order valence-corrected chi connectivity index (χ3v) is 4.28. The molecule has 1 aromatic heterocycles. The highest BCUT2D eigenvalue weighted by molar-refractivity contribution is 5.92. The average molecular weight is 355 g/mol. The number of carbonyl (C=O) groups is 1. The number of carbonyl (C=O) groups excluding carboxylic acids is 1. The normalized spacial score (nSPS) is 14.8. The van der Waals surface area contributed by atoms with Gasteiger partial charge in [-0.3, -0.25) is 9.69 Å². The van der Waals surface area contributed by atoms with Gasteiger partial charge in [0.2, 0.25) is 5.95 Å². The Balaban J connectivity index is 1.47. The Morgan fingerprint density at radius 2 is 1.96 bits per heavy atom. The van der Waals surface area contributed by atoms with Crippen LogP contribution in [0.5, 0.6) is 0 Å². The monoisotopic (exact) mass is 355 g/mol. The van der Waals surface area contributed by atoms with Gasteiger partial charge >= 0.3 is 0 Å². The average Bonchev–Trinajstić information content (AvgIpc) is 2.68. The van der Waals surface area contributed by atoms with Crippen molar-refractivity contribution in [1.82, 2.24) is 20.2 Å². The Morgan fingerprint density at radius 3 is 2.73 bits per heavy atom. The van der Waals surface area contributed by atoms with Crippen molar-refractivity contribution in [2.75, 3.05) is 44.7 Å². The van der Waals surface area contributed by atoms with Crippen molar-refractivity contribution in [1.29, 1.82) is 0 Å². The van der Waals surface area contributed by atoms with Gasteiger partial charge in [0.05, 0.1) is 13.2 Å². The van der Waals surface area contributed by atoms with E-state index in [2.05, 4.69) is 56.7 Å². The van der Waals surface area contributed by atoms with E-state index in [0.717, 1.165) is 38.4 Å². The van der Waals surface area contributed by atoms with Crippen LogP contribution < -0.4 is 10.6 Å². The van der Waals surface area contributed by atoms with Gasteiger partial charge in [0, 0.05) is 38.9 Å². The van der Waals surface area contributed by atoms with Crippen LogP contribution in [0, 0.1) is 6.92 Å². The number of nitrogens with one attached hydrogen (secondary N) is 2. The molecule has 0 unspecified atom stereocenters. The summed E-state index contributed by atoms with van der Waals surface area (Å²) in [7, 11) is 0. The number of rotatable bonds is 7. The molecule has 0 saturated carbocycles. The van der Waals surface area contributed by atoms with Crippen LogP contribution in [-0.2, 0) is 11.3 Å². The lowest BCUT2D eigenvalue weighted by molar-refractivity contribution is 0.0383. The molecule has 1 saturated heterocycles. The maximum Gasteiger partial charge on any atom is 0.270 e. The molecule has 1 aliphatic heterocycles. The molecule has 7 nitrogen and oxygen atoms in total. The van der Waals surface area contributed by atoms with E-state index >= 15 is 0 Å². The van der Waals surface area contributed by atoms with Gasteiger partial charge in [0.1, 0.15) is 5.69 Å². The van der Waals surface area contributed by atoms with E-state index in [1.165, 1.54) is 5.56 Å². The second-order valence-electron chi connectivity index (χ2n) is 6.31. The first-order valence-corrected chi connectivity index (χ1v) is 8.91. The maximum absolute atomic E-state index is 12.3. The van der Waals surface area contributed by atoms with Gasteiger partial charge in [-0.1, -0.05) is 29.8 Å². The summed E-state index contributed by atoms with van der Waals surface area (Å²) in [5.41, 5.74) is 2.73. The Kier molecular flexibility index (Phi) is 6.51. The SMILES string of the molecule is Cc1ccc(CNc2nccc(C(=O)NCCN3CCOCC3)n2)cc1. The van der Waals surface area contributed by atoms with Crippen LogP contribution in [0.3, 0.4) is 0 Å². The zero-order valence-electron chi connectivity index (χ0n) is 15.1. The van der Waals surface area contributed by atoms with Crippen molar-refractivity contribution >= 4 is 11.9 Å². The molecule has 138 valence electrons. The van der Waals surface area contributed by atoms with Crippen LogP contribution in [0.4, 0.5) is 5.95 Å². The Labute approximate surface area is 153 Å². The number of aryl methyl sites for hydroxylation is 1. The fourth-order valence-electron chi connectivity index (χ4n) is 2.70. The first kappa shape index (κ1) is 18.3. The molecule has 0 atom stereocenters. The first-order valence-electron chi connectivity index (χ1n) is 8.91. The molecule has 2 N–H and O–H groups in total. The third-order valence-electron chi connectivity index (χ3n) is 4.28. The molecular formula is C19H25N5O2. The molecule has 3 rings (SSSR count). The quantitative estimate of drug-likeness (QED) is 0.783. The molecule has 0 spiro atoms. The molecular weight excluding hydrogens is 330 g/mol. The minimum absolute atomic E-state index is 0.181. The maximum atomic E-state index is 12.3. The number of hydrogen-bond donors (Lipinski definition) is 2. The molecule has 1 aromatic carbocycles. The van der Waals surface area contributed by atoms with E-state index in [4.69, 9.17) is 4.74 Å². The zero-order chi connectivity index (χ0) is 18.2. The standard InChI is InChI=1S/C19H25N5O2/c1-15-2-4-16(5-3-15)14-22-19-21-7-6-17(23-19)18(25)20-8-9-24-10-12-26-13-11-24/h2-7H,8-14H2,1H3,(H,20,25)(H,21,22,23). The fraction of sp³-hybridized carbons (Fsp3) is 0.421. The van der Waals surface area contributed by atoms with Crippen molar-refractivity contribution in [3.8, 4) is 0 Å². The largest absolute Gasteiger partial charge is 0.379 e. The summed E-state index contributed by atoms with van der Waals surface area (Å²) in [5, 5.41) is 6.07. The molecule has 0 aliphatic carbocycles. The molecule has 0 bridgehead atoms. The first-order chi connectivity index (χ1) is 12.7. The summed E-state index contributed by atoms with van der Waals surface area (Å²) in [6.07, 6.45) is 1.60. The number of morpholine rings is 1. The molecule has 26 heavy (non-hydrogen) atoms. The van der Waals surface area contributed by atoms with Crippen molar-refractivity contribution in [2.45, 2.75) is 13.5 Å². The van der Waals surface area contributed by atoms with Crippen molar-refractivity contribution < 1.29 is 9.53 Å². The molecule has 2 aromatic rings. The lowest BCUT2D eigenvalue weighted by Gasteiger charge is -2.26. The van der Waals surface area contributed by atoms with Gasteiger partial charge in [-0.2, -0.15) is 0 Å². The number of benzene rings is 1. The zero-order valence-corrected chi connectivity index (χ0v) is 15.1. The summed E-state index contributed by atoms with van der Waals surface area (Å²) in [6, 6.07) is 9.88. The summed E-state index contributed by atoms with van der Waals surface area (Å²) < 4.78 is 5.32. The number of amides is 1. The van der Waals surface area contributed by atoms with Crippen molar-refractivity contribution in [3.63, 3.8) is 0 Å². The van der Waals surface area contributed by atoms with Crippen LogP contribution in [0.1, 0.15) is 21.6 Å². The van der Waals surface area contributed by atoms with Crippen LogP contribution in [0.15, 0.2) is 36.5 Å². The van der Waals surface area contributed by atoms with Crippen LogP contribution in [0.2, 0.25) is 0 Å². The van der Waals surface area contributed by atoms with E-state index in [0.29, 0.717) is 24.7 Å². The predicted octanol–water partition coefficient (Wildman–Crippen LogP) is 1.46. The fourth-order valence-corrected chi connectivity index (χ4v) is 2.70. The van der Waals surface area contributed by atoms with E-state index in [1.807, 2.05) is 0 Å². The van der Waals surface area contributed by atoms with Gasteiger partial charge in [-0.05, 0) is 18.6 Å². The molecule has 0 radical (unpaired) electrons. The lowest BCUT2D eigenvalue weighted by atomic mass is 10.1. The van der Waals surface area contributed by atoms with Gasteiger partial charge < -0.3 is 15.4 Å². The van der Waals surface area contributed by atoms with Crippen LogP contribution in [0.25, 0.3) is 0 Å². The third kappa shape index (κ3) is 5.50. The highest BCUT2D eigenvalue weighted by Crippen LogP contribution is 2.06. The van der Waals surface area contributed by atoms with Crippen molar-refractivity contribution in [2.24, 2.45) is 0 Å².